The van der Waals surface area contributed by atoms with Crippen molar-refractivity contribution >= 4 is 39.8 Å². The summed E-state index contributed by atoms with van der Waals surface area (Å²) in [5, 5.41) is 10.1. The van der Waals surface area contributed by atoms with Crippen molar-refractivity contribution in [3.05, 3.63) is 18.2 Å². The van der Waals surface area contributed by atoms with Crippen LogP contribution in [0.25, 0.3) is 11.0 Å². The Morgan fingerprint density at radius 1 is 1.50 bits per heavy atom. The lowest BCUT2D eigenvalue weighted by atomic mass is 10.3. The molecular weight excluding hydrogens is 264 g/mol. The van der Waals surface area contributed by atoms with Crippen LogP contribution in [0.15, 0.2) is 23.4 Å². The summed E-state index contributed by atoms with van der Waals surface area (Å²) in [6.07, 6.45) is 0. The van der Waals surface area contributed by atoms with Gasteiger partial charge in [-0.25, -0.2) is 4.98 Å². The van der Waals surface area contributed by atoms with Crippen molar-refractivity contribution in [3.8, 4) is 5.75 Å². The summed E-state index contributed by atoms with van der Waals surface area (Å²) in [6, 6.07) is 5.13. The number of H-pyrrole nitrogens is 1. The van der Waals surface area contributed by atoms with Crippen LogP contribution in [0.3, 0.4) is 0 Å². The monoisotopic (exact) mass is 274 g/mol. The molecule has 2 N–H and O–H groups in total. The van der Waals surface area contributed by atoms with Crippen LogP contribution in [-0.4, -0.2) is 20.8 Å². The molecule has 1 aromatic carbocycles. The molecule has 0 spiro atoms. The first kappa shape index (κ1) is 11.4. The lowest BCUT2D eigenvalue weighted by molar-refractivity contribution is 0.476. The number of imidazole rings is 1. The second-order valence-corrected chi connectivity index (χ2v) is 3.93. The number of aromatic amines is 1. The van der Waals surface area contributed by atoms with Gasteiger partial charge in [-0.3, -0.25) is 0 Å². The molecule has 0 amide bonds. The standard InChI is InChI=1S/C9H10N2OS.BrH/c1-2-13-9-10-7-4-3-6(12)5-8(7)11-9;/h3-5,12H,2H2,1H3,(H,10,11);1H. The van der Waals surface area contributed by atoms with E-state index in [4.69, 9.17) is 0 Å². The fourth-order valence-electron chi connectivity index (χ4n) is 1.18. The van der Waals surface area contributed by atoms with Gasteiger partial charge in [0, 0.05) is 6.07 Å². The highest BCUT2D eigenvalue weighted by atomic mass is 79.9. The van der Waals surface area contributed by atoms with Gasteiger partial charge < -0.3 is 10.1 Å². The molecule has 0 unspecified atom stereocenters. The van der Waals surface area contributed by atoms with Gasteiger partial charge in [0.2, 0.25) is 0 Å². The fourth-order valence-corrected chi connectivity index (χ4v) is 1.80. The van der Waals surface area contributed by atoms with Crippen molar-refractivity contribution in [1.29, 1.82) is 0 Å². The highest BCUT2D eigenvalue weighted by molar-refractivity contribution is 8.93. The van der Waals surface area contributed by atoms with Crippen molar-refractivity contribution in [1.82, 2.24) is 9.97 Å². The minimum Gasteiger partial charge on any atom is -0.508 e. The predicted octanol–water partition coefficient (Wildman–Crippen LogP) is 2.96. The molecule has 0 aliphatic heterocycles. The van der Waals surface area contributed by atoms with E-state index in [9.17, 15) is 5.11 Å². The lowest BCUT2D eigenvalue weighted by Gasteiger charge is -1.88. The van der Waals surface area contributed by atoms with E-state index in [1.807, 2.05) is 0 Å². The maximum absolute atomic E-state index is 9.21. The Morgan fingerprint density at radius 3 is 3.00 bits per heavy atom. The van der Waals surface area contributed by atoms with E-state index in [2.05, 4.69) is 16.9 Å². The number of rotatable bonds is 2. The highest BCUT2D eigenvalue weighted by Gasteiger charge is 2.02. The van der Waals surface area contributed by atoms with Gasteiger partial charge in [0.15, 0.2) is 5.16 Å². The van der Waals surface area contributed by atoms with E-state index in [1.54, 1.807) is 30.0 Å². The van der Waals surface area contributed by atoms with Crippen molar-refractivity contribution < 1.29 is 5.11 Å². The maximum Gasteiger partial charge on any atom is 0.166 e. The van der Waals surface area contributed by atoms with Crippen LogP contribution in [0.4, 0.5) is 0 Å². The second kappa shape index (κ2) is 4.70. The number of nitrogens with one attached hydrogen (secondary N) is 1. The third-order valence-electron chi connectivity index (χ3n) is 1.72. The molecule has 0 aliphatic rings. The molecule has 0 saturated heterocycles. The van der Waals surface area contributed by atoms with Crippen molar-refractivity contribution in [3.63, 3.8) is 0 Å². The number of nitrogens with zero attached hydrogens (tertiary/aromatic N) is 1. The Labute approximate surface area is 96.7 Å². The minimum atomic E-state index is 0. The Bertz CT molecular complexity index is 430. The van der Waals surface area contributed by atoms with Gasteiger partial charge in [0.05, 0.1) is 11.0 Å². The van der Waals surface area contributed by atoms with Gasteiger partial charge >= 0.3 is 0 Å². The van der Waals surface area contributed by atoms with Crippen molar-refractivity contribution in [2.75, 3.05) is 5.75 Å². The van der Waals surface area contributed by atoms with E-state index in [0.717, 1.165) is 21.9 Å². The number of phenolic OH excluding ortho intramolecular Hbond substituents is 1. The first-order valence-electron chi connectivity index (χ1n) is 4.11. The number of aromatic hydroxyl groups is 1. The Kier molecular flexibility index (Phi) is 3.83. The smallest absolute Gasteiger partial charge is 0.166 e. The second-order valence-electron chi connectivity index (χ2n) is 2.68. The molecule has 0 radical (unpaired) electrons. The number of fused-ring (bicyclic) bond motifs is 1. The summed E-state index contributed by atoms with van der Waals surface area (Å²) in [5.74, 6) is 1.26. The Hall–Kier alpha value is -0.680. The summed E-state index contributed by atoms with van der Waals surface area (Å²) < 4.78 is 0. The third-order valence-corrected chi connectivity index (χ3v) is 2.48. The lowest BCUT2D eigenvalue weighted by Crippen LogP contribution is -1.73. The maximum atomic E-state index is 9.21. The normalized spacial score (nSPS) is 10.1. The highest BCUT2D eigenvalue weighted by Crippen LogP contribution is 2.21. The van der Waals surface area contributed by atoms with E-state index >= 15 is 0 Å². The Balaban J connectivity index is 0.000000980. The zero-order chi connectivity index (χ0) is 9.26. The minimum absolute atomic E-state index is 0. The first-order valence-corrected chi connectivity index (χ1v) is 5.09. The number of phenols is 1. The largest absolute Gasteiger partial charge is 0.508 e. The zero-order valence-corrected chi connectivity index (χ0v) is 10.2. The number of halogens is 1. The molecule has 1 aromatic heterocycles. The first-order chi connectivity index (χ1) is 6.29. The molecule has 2 rings (SSSR count). The Morgan fingerprint density at radius 2 is 2.29 bits per heavy atom. The van der Waals surface area contributed by atoms with E-state index < -0.39 is 0 Å². The summed E-state index contributed by atoms with van der Waals surface area (Å²) >= 11 is 1.66. The summed E-state index contributed by atoms with van der Waals surface area (Å²) in [7, 11) is 0. The molecule has 1 heterocycles. The van der Waals surface area contributed by atoms with E-state index in [0.29, 0.717) is 0 Å². The van der Waals surface area contributed by atoms with Gasteiger partial charge in [-0.1, -0.05) is 18.7 Å². The molecule has 0 atom stereocenters. The summed E-state index contributed by atoms with van der Waals surface area (Å²) in [4.78, 5) is 7.47. The van der Waals surface area contributed by atoms with Crippen LogP contribution in [0.2, 0.25) is 0 Å². The summed E-state index contributed by atoms with van der Waals surface area (Å²) in [5.41, 5.74) is 1.78. The summed E-state index contributed by atoms with van der Waals surface area (Å²) in [6.45, 7) is 2.08. The van der Waals surface area contributed by atoms with Crippen LogP contribution in [0.5, 0.6) is 5.75 Å². The SMILES string of the molecule is Br.CCSc1nc2ccc(O)cc2[nH]1. The molecule has 76 valence electrons. The fraction of sp³-hybridized carbons (Fsp3) is 0.222. The predicted molar refractivity (Wildman–Crippen MR) is 64.5 cm³/mol. The molecule has 0 bridgehead atoms. The number of aromatic nitrogens is 2. The van der Waals surface area contributed by atoms with E-state index in [-0.39, 0.29) is 22.7 Å². The zero-order valence-electron chi connectivity index (χ0n) is 7.65. The van der Waals surface area contributed by atoms with Crippen molar-refractivity contribution in [2.24, 2.45) is 0 Å². The number of thioether (sulfide) groups is 1. The third kappa shape index (κ3) is 2.22. The molecule has 2 aromatic rings. The van der Waals surface area contributed by atoms with E-state index in [1.165, 1.54) is 0 Å². The topological polar surface area (TPSA) is 48.9 Å². The molecule has 0 saturated carbocycles. The van der Waals surface area contributed by atoms with Gasteiger partial charge in [-0.2, -0.15) is 0 Å². The quantitative estimate of drug-likeness (QED) is 0.828. The number of hydrogen-bond donors (Lipinski definition) is 2. The number of benzene rings is 1. The van der Waals surface area contributed by atoms with Gasteiger partial charge in [-0.05, 0) is 17.9 Å². The van der Waals surface area contributed by atoms with Gasteiger partial charge in [0.1, 0.15) is 5.75 Å². The molecule has 5 heteroatoms. The van der Waals surface area contributed by atoms with Crippen LogP contribution in [0, 0.1) is 0 Å². The van der Waals surface area contributed by atoms with Crippen LogP contribution in [-0.2, 0) is 0 Å². The van der Waals surface area contributed by atoms with Gasteiger partial charge in [0.25, 0.3) is 0 Å². The molecule has 0 aliphatic carbocycles. The van der Waals surface area contributed by atoms with Crippen LogP contribution < -0.4 is 0 Å². The number of hydrogen-bond acceptors (Lipinski definition) is 3. The van der Waals surface area contributed by atoms with Gasteiger partial charge in [-0.15, -0.1) is 17.0 Å². The average Bonchev–Trinajstić information content (AvgIpc) is 2.46. The molecular formula is C9H11BrN2OS. The van der Waals surface area contributed by atoms with Crippen molar-refractivity contribution in [2.45, 2.75) is 12.1 Å². The average molecular weight is 275 g/mol. The molecule has 14 heavy (non-hydrogen) atoms. The molecule has 0 fully saturated rings. The van der Waals surface area contributed by atoms with Crippen LogP contribution >= 0.6 is 28.7 Å². The molecule has 3 nitrogen and oxygen atoms in total. The van der Waals surface area contributed by atoms with Crippen LogP contribution in [0.1, 0.15) is 6.92 Å².